The summed E-state index contributed by atoms with van der Waals surface area (Å²) in [5.74, 6) is -6.03. The number of carboxylic acids is 2. The van der Waals surface area contributed by atoms with E-state index in [2.05, 4.69) is 5.73 Å². The van der Waals surface area contributed by atoms with Crippen molar-refractivity contribution >= 4 is 24.1 Å². The lowest BCUT2D eigenvalue weighted by atomic mass is 10.2. The molecule has 2 aromatic heterocycles. The number of carboxylic acid groups (broad SMARTS) is 2. The van der Waals surface area contributed by atoms with Crippen molar-refractivity contribution in [1.29, 1.82) is 0 Å². The molecule has 176 valence electrons. The van der Waals surface area contributed by atoms with Gasteiger partial charge in [0.25, 0.3) is 0 Å². The summed E-state index contributed by atoms with van der Waals surface area (Å²) >= 11 is 0. The van der Waals surface area contributed by atoms with E-state index in [0.29, 0.717) is 0 Å². The van der Waals surface area contributed by atoms with Gasteiger partial charge in [-0.25, -0.2) is 28.3 Å². The average Bonchev–Trinajstić information content (AvgIpc) is 3.27. The molecule has 0 spiro atoms. The van der Waals surface area contributed by atoms with Gasteiger partial charge in [-0.2, -0.15) is 0 Å². The number of aromatic hydroxyl groups is 2. The minimum atomic E-state index is -1.16. The van der Waals surface area contributed by atoms with Crippen LogP contribution >= 0.6 is 0 Å². The highest BCUT2D eigenvalue weighted by molar-refractivity contribution is 5.88. The number of benzene rings is 2. The molecule has 0 atom stereocenters. The summed E-state index contributed by atoms with van der Waals surface area (Å²) < 4.78 is 11.5. The molecule has 0 saturated carbocycles. The summed E-state index contributed by atoms with van der Waals surface area (Å²) in [6, 6.07) is 10.2. The molecule has 12 nitrogen and oxygen atoms in total. The number of rotatable bonds is 6. The first-order chi connectivity index (χ1) is 16.7. The summed E-state index contributed by atoms with van der Waals surface area (Å²) in [6.07, 6.45) is 2.11. The van der Waals surface area contributed by atoms with E-state index in [1.54, 1.807) is 0 Å². The standard InChI is InChI=1S/C23H14N2O10/c26-18-16(34-22(32)24(18)14-8-4-12(5-9-14)20(28)29)2-1-3-17-19(27)25(23(33)35-17)15-10-6-13(7-11-15)21(30)31/h2-11,26-27H,(H,28,29)(H,30,31). The molecule has 0 amide bonds. The summed E-state index contributed by atoms with van der Waals surface area (Å²) in [5.41, 5.74) is 2.79. The van der Waals surface area contributed by atoms with Crippen LogP contribution in [0.15, 0.2) is 72.7 Å². The molecule has 2 aromatic carbocycles. The van der Waals surface area contributed by atoms with Crippen LogP contribution in [0.1, 0.15) is 32.2 Å². The van der Waals surface area contributed by atoms with Gasteiger partial charge in [0.1, 0.15) is 0 Å². The van der Waals surface area contributed by atoms with E-state index in [1.807, 2.05) is 0 Å². The molecule has 35 heavy (non-hydrogen) atoms. The second kappa shape index (κ2) is 8.81. The fourth-order valence-corrected chi connectivity index (χ4v) is 3.11. The summed E-state index contributed by atoms with van der Waals surface area (Å²) in [4.78, 5) is 46.3. The van der Waals surface area contributed by atoms with E-state index in [-0.39, 0.29) is 34.0 Å². The molecule has 0 bridgehead atoms. The third kappa shape index (κ3) is 4.27. The Balaban J connectivity index is 1.64. The van der Waals surface area contributed by atoms with Gasteiger partial charge < -0.3 is 29.3 Å². The largest absolute Gasteiger partial charge is 0.491 e. The molecule has 2 heterocycles. The monoisotopic (exact) mass is 478 g/mol. The third-order valence-corrected chi connectivity index (χ3v) is 4.80. The Hall–Kier alpha value is -5.48. The molecule has 12 heteroatoms. The maximum Gasteiger partial charge on any atom is 0.427 e. The summed E-state index contributed by atoms with van der Waals surface area (Å²) in [5, 5.41) is 38.6. The maximum absolute atomic E-state index is 12.2. The number of aromatic nitrogens is 2. The predicted octanol–water partition coefficient (Wildman–Crippen LogP) is 2.31. The van der Waals surface area contributed by atoms with E-state index in [9.17, 15) is 29.4 Å². The topological polar surface area (TPSA) is 185 Å². The lowest BCUT2D eigenvalue weighted by Gasteiger charge is -2.02. The van der Waals surface area contributed by atoms with Gasteiger partial charge in [0.05, 0.1) is 22.5 Å². The van der Waals surface area contributed by atoms with Gasteiger partial charge in [0, 0.05) is 12.2 Å². The van der Waals surface area contributed by atoms with Gasteiger partial charge in [0.15, 0.2) is 0 Å². The fraction of sp³-hybridized carbons (Fsp3) is 0. The Morgan fingerprint density at radius 2 is 1.03 bits per heavy atom. The normalized spacial score (nSPS) is 10.5. The number of aromatic carboxylic acids is 2. The number of carbonyl (C=O) groups is 2. The molecule has 0 radical (unpaired) electrons. The van der Waals surface area contributed by atoms with Crippen molar-refractivity contribution in [3.8, 4) is 23.1 Å². The zero-order chi connectivity index (χ0) is 25.3. The highest BCUT2D eigenvalue weighted by Gasteiger charge is 2.17. The highest BCUT2D eigenvalue weighted by Crippen LogP contribution is 2.24. The molecule has 0 fully saturated rings. The summed E-state index contributed by atoms with van der Waals surface area (Å²) in [6.45, 7) is 0. The summed E-state index contributed by atoms with van der Waals surface area (Å²) in [7, 11) is 0. The molecular weight excluding hydrogens is 464 g/mol. The predicted molar refractivity (Wildman–Crippen MR) is 118 cm³/mol. The molecule has 4 aromatic rings. The van der Waals surface area contributed by atoms with Crippen LogP contribution in [-0.4, -0.2) is 41.5 Å². The highest BCUT2D eigenvalue weighted by atomic mass is 16.4. The lowest BCUT2D eigenvalue weighted by molar-refractivity contribution is 0.0686. The molecule has 0 saturated heterocycles. The Morgan fingerprint density at radius 3 is 1.34 bits per heavy atom. The van der Waals surface area contributed by atoms with E-state index in [0.717, 1.165) is 21.3 Å². The lowest BCUT2D eigenvalue weighted by Crippen LogP contribution is -2.11. The van der Waals surface area contributed by atoms with E-state index >= 15 is 0 Å². The van der Waals surface area contributed by atoms with Gasteiger partial charge in [-0.3, -0.25) is 0 Å². The second-order valence-electron chi connectivity index (χ2n) is 6.94. The molecule has 0 aliphatic carbocycles. The number of nitrogens with zero attached hydrogens (tertiary/aromatic N) is 2. The Labute approximate surface area is 193 Å². The van der Waals surface area contributed by atoms with E-state index < -0.39 is 35.2 Å². The minimum absolute atomic E-state index is 0.0149. The zero-order valence-electron chi connectivity index (χ0n) is 17.4. The van der Waals surface area contributed by atoms with Crippen LogP contribution in [0.25, 0.3) is 23.5 Å². The smallest absolute Gasteiger partial charge is 0.427 e. The van der Waals surface area contributed by atoms with Crippen molar-refractivity contribution in [3.05, 3.63) is 98.0 Å². The van der Waals surface area contributed by atoms with Crippen molar-refractivity contribution in [2.24, 2.45) is 0 Å². The first-order valence-electron chi connectivity index (χ1n) is 9.67. The second-order valence-corrected chi connectivity index (χ2v) is 6.94. The molecule has 4 rings (SSSR count). The van der Waals surface area contributed by atoms with Crippen LogP contribution < -0.4 is 11.5 Å². The van der Waals surface area contributed by atoms with Crippen molar-refractivity contribution in [3.63, 3.8) is 0 Å². The van der Waals surface area contributed by atoms with Crippen LogP contribution in [0.5, 0.6) is 11.8 Å². The molecule has 0 aliphatic rings. The Morgan fingerprint density at radius 1 is 0.686 bits per heavy atom. The SMILES string of the molecule is O=C(O)c1ccc(-n2c(O)c(C=C=Cc3oc(=O)n(-c4ccc(C(=O)O)cc4)c3O)oc2=O)cc1. The first-order valence-corrected chi connectivity index (χ1v) is 9.67. The van der Waals surface area contributed by atoms with Crippen LogP contribution in [0.4, 0.5) is 0 Å². The Kier molecular flexibility index (Phi) is 5.71. The van der Waals surface area contributed by atoms with Gasteiger partial charge in [-0.15, -0.1) is 5.73 Å². The van der Waals surface area contributed by atoms with Gasteiger partial charge in [-0.1, -0.05) is 0 Å². The average molecular weight is 478 g/mol. The van der Waals surface area contributed by atoms with Gasteiger partial charge >= 0.3 is 23.5 Å². The van der Waals surface area contributed by atoms with Gasteiger partial charge in [-0.05, 0) is 48.5 Å². The number of hydrogen-bond acceptors (Lipinski definition) is 8. The van der Waals surface area contributed by atoms with Crippen molar-refractivity contribution < 1.29 is 38.8 Å². The first kappa shape index (κ1) is 22.7. The molecular formula is C23H14N2O10. The minimum Gasteiger partial charge on any atom is -0.491 e. The van der Waals surface area contributed by atoms with Gasteiger partial charge in [0.2, 0.25) is 23.3 Å². The van der Waals surface area contributed by atoms with Crippen LogP contribution in [0.2, 0.25) is 0 Å². The zero-order valence-corrected chi connectivity index (χ0v) is 17.4. The van der Waals surface area contributed by atoms with Crippen LogP contribution in [0.3, 0.4) is 0 Å². The van der Waals surface area contributed by atoms with Crippen molar-refractivity contribution in [1.82, 2.24) is 9.13 Å². The number of oxazole rings is 2. The fourth-order valence-electron chi connectivity index (χ4n) is 3.11. The van der Waals surface area contributed by atoms with Crippen LogP contribution in [-0.2, 0) is 0 Å². The van der Waals surface area contributed by atoms with Crippen molar-refractivity contribution in [2.45, 2.75) is 0 Å². The van der Waals surface area contributed by atoms with E-state index in [1.165, 1.54) is 48.5 Å². The molecule has 0 aliphatic heterocycles. The Bertz CT molecular complexity index is 1500. The quantitative estimate of drug-likeness (QED) is 0.300. The number of hydrogen-bond donors (Lipinski definition) is 4. The van der Waals surface area contributed by atoms with Crippen LogP contribution in [0, 0.1) is 0 Å². The van der Waals surface area contributed by atoms with E-state index in [4.69, 9.17) is 19.0 Å². The molecule has 4 N–H and O–H groups in total. The third-order valence-electron chi connectivity index (χ3n) is 4.80. The molecule has 0 unspecified atom stereocenters. The maximum atomic E-state index is 12.2. The van der Waals surface area contributed by atoms with Crippen molar-refractivity contribution in [2.75, 3.05) is 0 Å².